The molecule has 0 heterocycles. The van der Waals surface area contributed by atoms with Crippen LogP contribution in [-0.2, 0) is 0 Å². The summed E-state index contributed by atoms with van der Waals surface area (Å²) in [6.45, 7) is 4.80. The van der Waals surface area contributed by atoms with Crippen molar-refractivity contribution in [1.29, 1.82) is 5.26 Å². The largest absolute Gasteiger partial charge is 0.365 e. The molecule has 0 aliphatic carbocycles. The number of nitro benzene ring substituents is 1. The topological polar surface area (TPSA) is 70.2 Å². The number of nitrogens with zero attached hydrogens (tertiary/aromatic N) is 3. The van der Waals surface area contributed by atoms with Gasteiger partial charge in [-0.2, -0.15) is 5.26 Å². The molecular formula is C12H15N3O2. The van der Waals surface area contributed by atoms with Crippen LogP contribution in [0.5, 0.6) is 0 Å². The number of hydrogen-bond donors (Lipinski definition) is 0. The van der Waals surface area contributed by atoms with E-state index in [0.29, 0.717) is 30.8 Å². The number of aryl methyl sites for hydroxylation is 1. The molecule has 0 unspecified atom stereocenters. The average molecular weight is 233 g/mol. The summed E-state index contributed by atoms with van der Waals surface area (Å²) >= 11 is 0. The summed E-state index contributed by atoms with van der Waals surface area (Å²) < 4.78 is 0. The Morgan fingerprint density at radius 2 is 2.24 bits per heavy atom. The van der Waals surface area contributed by atoms with E-state index in [-0.39, 0.29) is 10.6 Å². The molecule has 17 heavy (non-hydrogen) atoms. The Labute approximate surface area is 100 Å². The molecule has 1 rings (SSSR count). The van der Waals surface area contributed by atoms with Gasteiger partial charge in [-0.25, -0.2) is 0 Å². The first-order valence-electron chi connectivity index (χ1n) is 5.47. The van der Waals surface area contributed by atoms with E-state index < -0.39 is 0 Å². The van der Waals surface area contributed by atoms with Crippen LogP contribution < -0.4 is 4.90 Å². The van der Waals surface area contributed by atoms with Gasteiger partial charge in [-0.15, -0.1) is 0 Å². The van der Waals surface area contributed by atoms with E-state index in [9.17, 15) is 10.1 Å². The first-order valence-corrected chi connectivity index (χ1v) is 5.47. The van der Waals surface area contributed by atoms with Crippen LogP contribution in [-0.4, -0.2) is 18.0 Å². The fraction of sp³-hybridized carbons (Fsp3) is 0.417. The molecule has 1 aromatic rings. The van der Waals surface area contributed by atoms with Crippen LogP contribution in [0.4, 0.5) is 11.4 Å². The minimum atomic E-state index is -0.361. The number of nitriles is 1. The SMILES string of the molecule is CCN(CCC#N)c1cccc(C)c1[N+](=O)[O-]. The molecule has 0 radical (unpaired) electrons. The molecule has 0 amide bonds. The van der Waals surface area contributed by atoms with E-state index in [4.69, 9.17) is 5.26 Å². The monoisotopic (exact) mass is 233 g/mol. The van der Waals surface area contributed by atoms with Gasteiger partial charge in [0.2, 0.25) is 0 Å². The second-order valence-corrected chi connectivity index (χ2v) is 3.69. The first-order chi connectivity index (χ1) is 8.11. The summed E-state index contributed by atoms with van der Waals surface area (Å²) in [6, 6.07) is 7.30. The van der Waals surface area contributed by atoms with Crippen LogP contribution in [0.15, 0.2) is 18.2 Å². The van der Waals surface area contributed by atoms with Crippen molar-refractivity contribution < 1.29 is 4.92 Å². The Morgan fingerprint density at radius 3 is 2.76 bits per heavy atom. The van der Waals surface area contributed by atoms with Crippen LogP contribution in [0.1, 0.15) is 18.9 Å². The predicted octanol–water partition coefficient (Wildman–Crippen LogP) is 2.64. The Morgan fingerprint density at radius 1 is 1.53 bits per heavy atom. The zero-order valence-corrected chi connectivity index (χ0v) is 10.0. The third kappa shape index (κ3) is 2.94. The van der Waals surface area contributed by atoms with E-state index in [1.54, 1.807) is 25.1 Å². The van der Waals surface area contributed by atoms with E-state index in [1.165, 1.54) is 0 Å². The quantitative estimate of drug-likeness (QED) is 0.579. The van der Waals surface area contributed by atoms with Crippen molar-refractivity contribution >= 4 is 11.4 Å². The van der Waals surface area contributed by atoms with E-state index in [2.05, 4.69) is 6.07 Å². The standard InChI is InChI=1S/C12H15N3O2/c1-3-14(9-5-8-13)11-7-4-6-10(2)12(11)15(16)17/h4,6-7H,3,5,9H2,1-2H3. The zero-order valence-electron chi connectivity index (χ0n) is 10.0. The van der Waals surface area contributed by atoms with Crippen molar-refractivity contribution in [2.45, 2.75) is 20.3 Å². The molecule has 0 N–H and O–H groups in total. The fourth-order valence-corrected chi connectivity index (χ4v) is 1.77. The predicted molar refractivity (Wildman–Crippen MR) is 66.0 cm³/mol. The highest BCUT2D eigenvalue weighted by Crippen LogP contribution is 2.31. The van der Waals surface area contributed by atoms with Crippen molar-refractivity contribution in [3.8, 4) is 6.07 Å². The minimum absolute atomic E-state index is 0.132. The van der Waals surface area contributed by atoms with Crippen molar-refractivity contribution in [2.75, 3.05) is 18.0 Å². The number of para-hydroxylation sites is 1. The lowest BCUT2D eigenvalue weighted by Crippen LogP contribution is -2.24. The molecule has 0 spiro atoms. The number of nitro groups is 1. The first kappa shape index (κ1) is 13.0. The van der Waals surface area contributed by atoms with Crippen LogP contribution in [0, 0.1) is 28.4 Å². The average Bonchev–Trinajstić information content (AvgIpc) is 2.29. The summed E-state index contributed by atoms with van der Waals surface area (Å²) in [5, 5.41) is 19.6. The number of benzene rings is 1. The van der Waals surface area contributed by atoms with Gasteiger partial charge in [0.05, 0.1) is 17.4 Å². The highest BCUT2D eigenvalue weighted by Gasteiger charge is 2.20. The van der Waals surface area contributed by atoms with Crippen LogP contribution >= 0.6 is 0 Å². The molecule has 5 nitrogen and oxygen atoms in total. The highest BCUT2D eigenvalue weighted by molar-refractivity contribution is 5.66. The summed E-state index contributed by atoms with van der Waals surface area (Å²) in [5.74, 6) is 0. The zero-order chi connectivity index (χ0) is 12.8. The van der Waals surface area contributed by atoms with Gasteiger partial charge < -0.3 is 4.90 Å². The Bertz CT molecular complexity index is 452. The van der Waals surface area contributed by atoms with Crippen molar-refractivity contribution in [3.05, 3.63) is 33.9 Å². The maximum Gasteiger partial charge on any atom is 0.295 e. The molecule has 1 aromatic carbocycles. The molecule has 0 aliphatic heterocycles. The van der Waals surface area contributed by atoms with Crippen molar-refractivity contribution in [3.63, 3.8) is 0 Å². The van der Waals surface area contributed by atoms with Gasteiger partial charge in [0.1, 0.15) is 5.69 Å². The minimum Gasteiger partial charge on any atom is -0.365 e. The van der Waals surface area contributed by atoms with Crippen molar-refractivity contribution in [1.82, 2.24) is 0 Å². The number of rotatable bonds is 5. The molecule has 0 atom stereocenters. The summed E-state index contributed by atoms with van der Waals surface area (Å²) in [7, 11) is 0. The number of anilines is 1. The third-order valence-electron chi connectivity index (χ3n) is 2.61. The molecule has 0 fully saturated rings. The Hall–Kier alpha value is -2.09. The maximum atomic E-state index is 11.1. The van der Waals surface area contributed by atoms with Gasteiger partial charge in [0.25, 0.3) is 5.69 Å². The Balaban J connectivity index is 3.15. The van der Waals surface area contributed by atoms with Crippen LogP contribution in [0.2, 0.25) is 0 Å². The fourth-order valence-electron chi connectivity index (χ4n) is 1.77. The van der Waals surface area contributed by atoms with Crippen LogP contribution in [0.3, 0.4) is 0 Å². The second-order valence-electron chi connectivity index (χ2n) is 3.69. The smallest absolute Gasteiger partial charge is 0.295 e. The van der Waals surface area contributed by atoms with Gasteiger partial charge in [-0.05, 0) is 19.9 Å². The molecule has 0 aliphatic rings. The van der Waals surface area contributed by atoms with Crippen LogP contribution in [0.25, 0.3) is 0 Å². The molecule has 0 saturated carbocycles. The van der Waals surface area contributed by atoms with Crippen molar-refractivity contribution in [2.24, 2.45) is 0 Å². The molecule has 90 valence electrons. The molecular weight excluding hydrogens is 218 g/mol. The van der Waals surface area contributed by atoms with E-state index in [0.717, 1.165) is 0 Å². The lowest BCUT2D eigenvalue weighted by Gasteiger charge is -2.22. The summed E-state index contributed by atoms with van der Waals surface area (Å²) in [4.78, 5) is 12.5. The van der Waals surface area contributed by atoms with Gasteiger partial charge in [-0.3, -0.25) is 10.1 Å². The van der Waals surface area contributed by atoms with E-state index in [1.807, 2.05) is 11.8 Å². The number of hydrogen-bond acceptors (Lipinski definition) is 4. The molecule has 0 saturated heterocycles. The maximum absolute atomic E-state index is 11.1. The third-order valence-corrected chi connectivity index (χ3v) is 2.61. The summed E-state index contributed by atoms with van der Waals surface area (Å²) in [5.41, 5.74) is 1.36. The molecule has 0 bridgehead atoms. The van der Waals surface area contributed by atoms with Gasteiger partial charge in [0, 0.05) is 18.7 Å². The van der Waals surface area contributed by atoms with E-state index >= 15 is 0 Å². The van der Waals surface area contributed by atoms with Gasteiger partial charge in [-0.1, -0.05) is 12.1 Å². The molecule has 5 heteroatoms. The lowest BCUT2D eigenvalue weighted by atomic mass is 10.1. The van der Waals surface area contributed by atoms with Gasteiger partial charge >= 0.3 is 0 Å². The lowest BCUT2D eigenvalue weighted by molar-refractivity contribution is -0.384. The highest BCUT2D eigenvalue weighted by atomic mass is 16.6. The Kier molecular flexibility index (Phi) is 4.46. The second kappa shape index (κ2) is 5.85. The summed E-state index contributed by atoms with van der Waals surface area (Å²) in [6.07, 6.45) is 0.360. The molecule has 0 aromatic heterocycles. The normalized spacial score (nSPS) is 9.71. The van der Waals surface area contributed by atoms with Gasteiger partial charge in [0.15, 0.2) is 0 Å².